The minimum absolute atomic E-state index is 0.116. The van der Waals surface area contributed by atoms with Crippen molar-refractivity contribution in [2.24, 2.45) is 12.5 Å². The van der Waals surface area contributed by atoms with Gasteiger partial charge in [0.05, 0.1) is 22.7 Å². The van der Waals surface area contributed by atoms with Gasteiger partial charge in [0, 0.05) is 37.1 Å². The molecule has 1 aliphatic carbocycles. The lowest BCUT2D eigenvalue weighted by Gasteiger charge is -2.58. The van der Waals surface area contributed by atoms with Crippen molar-refractivity contribution in [3.8, 4) is 5.75 Å². The molecular weight excluding hydrogens is 451 g/mol. The van der Waals surface area contributed by atoms with E-state index in [2.05, 4.69) is 15.1 Å². The number of aromatic amines is 1. The van der Waals surface area contributed by atoms with E-state index in [1.807, 2.05) is 12.1 Å². The van der Waals surface area contributed by atoms with Crippen LogP contribution in [0.15, 0.2) is 40.2 Å². The number of halogens is 2. The predicted octanol–water partition coefficient (Wildman–Crippen LogP) is 3.40. The van der Waals surface area contributed by atoms with Crippen molar-refractivity contribution < 1.29 is 4.74 Å². The normalized spacial score (nSPS) is 18.0. The minimum atomic E-state index is -0.332. The summed E-state index contributed by atoms with van der Waals surface area (Å²) in [6.45, 7) is 3.10. The molecule has 1 aromatic carbocycles. The lowest BCUT2D eigenvalue weighted by molar-refractivity contribution is -0.118. The van der Waals surface area contributed by atoms with E-state index in [-0.39, 0.29) is 22.2 Å². The summed E-state index contributed by atoms with van der Waals surface area (Å²) < 4.78 is 7.79. The van der Waals surface area contributed by atoms with Crippen LogP contribution >= 0.6 is 23.2 Å². The van der Waals surface area contributed by atoms with Crippen LogP contribution in [-0.2, 0) is 13.5 Å². The van der Waals surface area contributed by atoms with Crippen molar-refractivity contribution >= 4 is 34.0 Å². The first-order valence-corrected chi connectivity index (χ1v) is 11.5. The first-order chi connectivity index (χ1) is 15.3. The molecule has 0 bridgehead atoms. The quantitative estimate of drug-likeness (QED) is 0.591. The second kappa shape index (κ2) is 8.21. The molecule has 3 heterocycles. The van der Waals surface area contributed by atoms with Gasteiger partial charge in [0.15, 0.2) is 0 Å². The molecule has 168 valence electrons. The third kappa shape index (κ3) is 3.83. The predicted molar refractivity (Wildman–Crippen MR) is 125 cm³/mol. The Balaban J connectivity index is 1.13. The Hall–Kier alpha value is -2.35. The molecule has 1 N–H and O–H groups in total. The Morgan fingerprint density at radius 3 is 2.78 bits per heavy atom. The van der Waals surface area contributed by atoms with Crippen LogP contribution in [-0.4, -0.2) is 45.4 Å². The van der Waals surface area contributed by atoms with Crippen molar-refractivity contribution in [2.75, 3.05) is 19.6 Å². The lowest BCUT2D eigenvalue weighted by Crippen LogP contribution is -2.64. The minimum Gasteiger partial charge on any atom is -0.490 e. The zero-order valence-electron chi connectivity index (χ0n) is 17.7. The summed E-state index contributed by atoms with van der Waals surface area (Å²) in [4.78, 5) is 26.4. The molecule has 9 heteroatoms. The van der Waals surface area contributed by atoms with E-state index in [0.717, 1.165) is 62.0 Å². The fourth-order valence-corrected chi connectivity index (χ4v) is 5.50. The maximum Gasteiger partial charge on any atom is 0.283 e. The largest absolute Gasteiger partial charge is 0.490 e. The summed E-state index contributed by atoms with van der Waals surface area (Å²) >= 11 is 12.3. The highest BCUT2D eigenvalue weighted by Gasteiger charge is 2.53. The molecule has 7 nitrogen and oxygen atoms in total. The van der Waals surface area contributed by atoms with Gasteiger partial charge in [-0.3, -0.25) is 9.59 Å². The van der Waals surface area contributed by atoms with Crippen LogP contribution < -0.4 is 15.9 Å². The maximum atomic E-state index is 12.5. The van der Waals surface area contributed by atoms with Crippen LogP contribution in [0.2, 0.25) is 10.0 Å². The molecule has 1 aliphatic heterocycles. The van der Waals surface area contributed by atoms with Crippen LogP contribution in [0.1, 0.15) is 24.8 Å². The third-order valence-corrected chi connectivity index (χ3v) is 7.40. The van der Waals surface area contributed by atoms with Gasteiger partial charge in [-0.2, -0.15) is 5.10 Å². The highest BCUT2D eigenvalue weighted by atomic mass is 35.5. The van der Waals surface area contributed by atoms with Gasteiger partial charge >= 0.3 is 0 Å². The summed E-state index contributed by atoms with van der Waals surface area (Å²) in [6, 6.07) is 5.49. The van der Waals surface area contributed by atoms with E-state index in [0.29, 0.717) is 15.8 Å². The summed E-state index contributed by atoms with van der Waals surface area (Å²) in [6.07, 6.45) is 7.25. The Labute approximate surface area is 194 Å². The van der Waals surface area contributed by atoms with Gasteiger partial charge in [0.1, 0.15) is 10.8 Å². The monoisotopic (exact) mass is 474 g/mol. The number of ether oxygens (including phenoxy) is 1. The second-order valence-corrected chi connectivity index (χ2v) is 9.85. The number of benzene rings is 1. The fraction of sp³-hybridized carbons (Fsp3) is 0.435. The van der Waals surface area contributed by atoms with Crippen molar-refractivity contribution in [3.05, 3.63) is 66.9 Å². The first kappa shape index (κ1) is 21.5. The highest BCUT2D eigenvalue weighted by molar-refractivity contribution is 6.35. The number of hydrogen-bond donors (Lipinski definition) is 1. The van der Waals surface area contributed by atoms with Crippen LogP contribution in [0.3, 0.4) is 0 Å². The number of aryl methyl sites for hydroxylation is 2. The van der Waals surface area contributed by atoms with E-state index >= 15 is 0 Å². The molecule has 0 unspecified atom stereocenters. The zero-order chi connectivity index (χ0) is 22.5. The molecule has 2 fully saturated rings. The molecule has 0 radical (unpaired) electrons. The number of likely N-dealkylation sites (tertiary alicyclic amines) is 1. The van der Waals surface area contributed by atoms with Gasteiger partial charge < -0.3 is 14.2 Å². The number of nitrogens with zero attached hydrogens (tertiary/aromatic N) is 3. The zero-order valence-corrected chi connectivity index (χ0v) is 19.2. The SMILES string of the molecule is Cn1ccc2c(OC3CC4(C3)CN(CCCc3cn[nH]c(=O)c3Cl)C4)ccc(Cl)c2c1=O. The number of hydrogen-bond acceptors (Lipinski definition) is 5. The van der Waals surface area contributed by atoms with Gasteiger partial charge in [0.2, 0.25) is 0 Å². The Bertz CT molecular complexity index is 1290. The fourth-order valence-electron chi connectivity index (χ4n) is 5.07. The Morgan fingerprint density at radius 2 is 2.00 bits per heavy atom. The number of pyridine rings is 1. The van der Waals surface area contributed by atoms with E-state index in [1.54, 1.807) is 25.5 Å². The van der Waals surface area contributed by atoms with Gasteiger partial charge in [-0.05, 0) is 56.0 Å². The Kier molecular flexibility index (Phi) is 5.51. The van der Waals surface area contributed by atoms with Gasteiger partial charge in [0.25, 0.3) is 11.1 Å². The summed E-state index contributed by atoms with van der Waals surface area (Å²) in [5.74, 6) is 0.724. The van der Waals surface area contributed by atoms with E-state index in [9.17, 15) is 9.59 Å². The standard InChI is InChI=1S/C23H24Cl2N4O3/c1-28-8-6-16-18(5-4-17(24)19(16)22(28)31)32-15-9-23(10-15)12-29(13-23)7-2-3-14-11-26-27-21(30)20(14)25/h4-6,8,11,15H,2-3,7,9-10,12-13H2,1H3,(H,27,30). The van der Waals surface area contributed by atoms with Crippen molar-refractivity contribution in [2.45, 2.75) is 31.8 Å². The molecule has 0 amide bonds. The molecule has 5 rings (SSSR count). The number of nitrogens with one attached hydrogen (secondary N) is 1. The molecule has 1 spiro atoms. The van der Waals surface area contributed by atoms with Crippen molar-refractivity contribution in [1.82, 2.24) is 19.7 Å². The average Bonchev–Trinajstić information content (AvgIpc) is 2.71. The number of rotatable bonds is 6. The lowest BCUT2D eigenvalue weighted by atomic mass is 9.61. The van der Waals surface area contributed by atoms with Crippen LogP contribution in [0.5, 0.6) is 5.75 Å². The van der Waals surface area contributed by atoms with E-state index in [1.165, 1.54) is 4.57 Å². The van der Waals surface area contributed by atoms with Crippen LogP contribution in [0.4, 0.5) is 0 Å². The first-order valence-electron chi connectivity index (χ1n) is 10.7. The number of fused-ring (bicyclic) bond motifs is 1. The number of aromatic nitrogens is 3. The maximum absolute atomic E-state index is 12.5. The molecule has 0 atom stereocenters. The molecule has 1 saturated carbocycles. The Morgan fingerprint density at radius 1 is 1.22 bits per heavy atom. The molecule has 3 aromatic rings. The molecule has 2 aliphatic rings. The van der Waals surface area contributed by atoms with Crippen molar-refractivity contribution in [1.29, 1.82) is 0 Å². The van der Waals surface area contributed by atoms with Crippen molar-refractivity contribution in [3.63, 3.8) is 0 Å². The number of H-pyrrole nitrogens is 1. The highest BCUT2D eigenvalue weighted by Crippen LogP contribution is 2.50. The molecule has 1 saturated heterocycles. The summed E-state index contributed by atoms with van der Waals surface area (Å²) in [5.41, 5.74) is 0.690. The van der Waals surface area contributed by atoms with E-state index < -0.39 is 0 Å². The van der Waals surface area contributed by atoms with Crippen LogP contribution in [0, 0.1) is 5.41 Å². The molecule has 32 heavy (non-hydrogen) atoms. The van der Waals surface area contributed by atoms with Gasteiger partial charge in [-0.25, -0.2) is 5.10 Å². The smallest absolute Gasteiger partial charge is 0.283 e. The molecule has 2 aromatic heterocycles. The molecular formula is C23H24Cl2N4O3. The topological polar surface area (TPSA) is 80.2 Å². The van der Waals surface area contributed by atoms with Gasteiger partial charge in [-0.1, -0.05) is 23.2 Å². The van der Waals surface area contributed by atoms with Crippen LogP contribution in [0.25, 0.3) is 10.8 Å². The summed E-state index contributed by atoms with van der Waals surface area (Å²) in [7, 11) is 1.72. The summed E-state index contributed by atoms with van der Waals surface area (Å²) in [5, 5.41) is 8.13. The average molecular weight is 475 g/mol. The second-order valence-electron chi connectivity index (χ2n) is 9.07. The third-order valence-electron chi connectivity index (χ3n) is 6.67. The van der Waals surface area contributed by atoms with Gasteiger partial charge in [-0.15, -0.1) is 0 Å². The van der Waals surface area contributed by atoms with E-state index in [4.69, 9.17) is 27.9 Å².